The predicted octanol–water partition coefficient (Wildman–Crippen LogP) is 3.88. The minimum absolute atomic E-state index is 0.0704. The summed E-state index contributed by atoms with van der Waals surface area (Å²) < 4.78 is 0. The number of benzene rings is 2. The van der Waals surface area contributed by atoms with E-state index in [-0.39, 0.29) is 5.54 Å². The number of rotatable bonds is 1. The second-order valence-corrected chi connectivity index (χ2v) is 5.43. The van der Waals surface area contributed by atoms with Crippen molar-refractivity contribution in [2.24, 2.45) is 5.73 Å². The molecule has 0 amide bonds. The molecule has 2 N–H and O–H groups in total. The number of hydrogen-bond donors (Lipinski definition) is 1. The van der Waals surface area contributed by atoms with Crippen LogP contribution in [0.4, 0.5) is 0 Å². The van der Waals surface area contributed by atoms with Gasteiger partial charge in [0.1, 0.15) is 0 Å². The fourth-order valence-corrected chi connectivity index (χ4v) is 2.97. The Morgan fingerprint density at radius 1 is 0.941 bits per heavy atom. The Morgan fingerprint density at radius 3 is 2.35 bits per heavy atom. The minimum Gasteiger partial charge on any atom is -0.321 e. The topological polar surface area (TPSA) is 26.0 Å². The van der Waals surface area contributed by atoms with Crippen LogP contribution in [0.15, 0.2) is 36.4 Å². The lowest BCUT2D eigenvalue weighted by molar-refractivity contribution is 0.462. The molecule has 1 aliphatic rings. The quantitative estimate of drug-likeness (QED) is 0.783. The van der Waals surface area contributed by atoms with Crippen LogP contribution < -0.4 is 5.73 Å². The molecule has 1 heteroatoms. The summed E-state index contributed by atoms with van der Waals surface area (Å²) in [5, 5.41) is 2.63. The zero-order valence-electron chi connectivity index (χ0n) is 10.4. The lowest BCUT2D eigenvalue weighted by Gasteiger charge is -2.24. The molecule has 0 unspecified atom stereocenters. The molecule has 1 nitrogen and oxygen atoms in total. The van der Waals surface area contributed by atoms with E-state index >= 15 is 0 Å². The van der Waals surface area contributed by atoms with Crippen LogP contribution in [-0.4, -0.2) is 0 Å². The Hall–Kier alpha value is -1.34. The van der Waals surface area contributed by atoms with Crippen LogP contribution in [0.3, 0.4) is 0 Å². The molecular weight excluding hydrogens is 206 g/mol. The Labute approximate surface area is 103 Å². The van der Waals surface area contributed by atoms with E-state index in [9.17, 15) is 0 Å². The molecule has 0 aliphatic heterocycles. The van der Waals surface area contributed by atoms with E-state index in [1.807, 2.05) is 0 Å². The maximum absolute atomic E-state index is 6.50. The second kappa shape index (κ2) is 3.85. The van der Waals surface area contributed by atoms with Gasteiger partial charge in [-0.1, -0.05) is 48.7 Å². The third-order valence-electron chi connectivity index (χ3n) is 4.07. The van der Waals surface area contributed by atoms with Crippen molar-refractivity contribution in [1.82, 2.24) is 0 Å². The Balaban J connectivity index is 2.10. The van der Waals surface area contributed by atoms with E-state index < -0.39 is 0 Å². The third-order valence-corrected chi connectivity index (χ3v) is 4.07. The maximum Gasteiger partial charge on any atom is 0.0409 e. The van der Waals surface area contributed by atoms with Gasteiger partial charge in [0.15, 0.2) is 0 Å². The lowest BCUT2D eigenvalue weighted by atomic mass is 9.88. The maximum atomic E-state index is 6.50. The Kier molecular flexibility index (Phi) is 2.44. The van der Waals surface area contributed by atoms with Gasteiger partial charge in [-0.3, -0.25) is 0 Å². The van der Waals surface area contributed by atoms with Gasteiger partial charge in [-0.2, -0.15) is 0 Å². The number of aryl methyl sites for hydroxylation is 1. The summed E-state index contributed by atoms with van der Waals surface area (Å²) in [5.74, 6) is 0. The molecule has 1 fully saturated rings. The van der Waals surface area contributed by atoms with E-state index in [1.165, 1.54) is 34.7 Å². The molecule has 2 aromatic carbocycles. The molecule has 0 atom stereocenters. The zero-order chi connectivity index (χ0) is 11.9. The molecule has 0 heterocycles. The molecule has 88 valence electrons. The van der Waals surface area contributed by atoms with Gasteiger partial charge >= 0.3 is 0 Å². The monoisotopic (exact) mass is 225 g/mol. The van der Waals surface area contributed by atoms with Crippen LogP contribution in [0.5, 0.6) is 0 Å². The van der Waals surface area contributed by atoms with E-state index in [0.29, 0.717) is 0 Å². The summed E-state index contributed by atoms with van der Waals surface area (Å²) in [6, 6.07) is 13.3. The molecule has 0 saturated heterocycles. The summed E-state index contributed by atoms with van der Waals surface area (Å²) >= 11 is 0. The van der Waals surface area contributed by atoms with Crippen molar-refractivity contribution < 1.29 is 0 Å². The van der Waals surface area contributed by atoms with E-state index in [1.54, 1.807) is 0 Å². The largest absolute Gasteiger partial charge is 0.321 e. The predicted molar refractivity (Wildman–Crippen MR) is 73.0 cm³/mol. The lowest BCUT2D eigenvalue weighted by Crippen LogP contribution is -2.32. The SMILES string of the molecule is Cc1ccc2cc(C3(N)CCCC3)ccc2c1. The second-order valence-electron chi connectivity index (χ2n) is 5.43. The molecule has 0 radical (unpaired) electrons. The van der Waals surface area contributed by atoms with Crippen LogP contribution in [0.1, 0.15) is 36.8 Å². The first-order valence-corrected chi connectivity index (χ1v) is 6.47. The molecular formula is C16H19N. The first-order chi connectivity index (χ1) is 8.17. The normalized spacial score (nSPS) is 18.7. The van der Waals surface area contributed by atoms with Crippen molar-refractivity contribution in [3.63, 3.8) is 0 Å². The standard InChI is InChI=1S/C16H19N/c1-12-4-5-14-11-15(7-6-13(14)10-12)16(17)8-2-3-9-16/h4-7,10-11H,2-3,8-9,17H2,1H3. The summed E-state index contributed by atoms with van der Waals surface area (Å²) in [5.41, 5.74) is 9.06. The highest BCUT2D eigenvalue weighted by Crippen LogP contribution is 2.37. The molecule has 0 spiro atoms. The highest BCUT2D eigenvalue weighted by atomic mass is 14.8. The molecule has 17 heavy (non-hydrogen) atoms. The van der Waals surface area contributed by atoms with Crippen LogP contribution in [0, 0.1) is 6.92 Å². The van der Waals surface area contributed by atoms with E-state index in [0.717, 1.165) is 12.8 Å². The Bertz CT molecular complexity index is 550. The van der Waals surface area contributed by atoms with E-state index in [4.69, 9.17) is 5.73 Å². The molecule has 0 aromatic heterocycles. The first-order valence-electron chi connectivity index (χ1n) is 6.47. The summed E-state index contributed by atoms with van der Waals surface area (Å²) in [6.45, 7) is 2.13. The highest BCUT2D eigenvalue weighted by Gasteiger charge is 2.30. The number of hydrogen-bond acceptors (Lipinski definition) is 1. The fraction of sp³-hybridized carbons (Fsp3) is 0.375. The summed E-state index contributed by atoms with van der Waals surface area (Å²) in [6.07, 6.45) is 4.79. The fourth-order valence-electron chi connectivity index (χ4n) is 2.97. The molecule has 0 bridgehead atoms. The van der Waals surface area contributed by atoms with Gasteiger partial charge < -0.3 is 5.73 Å². The van der Waals surface area contributed by atoms with Crippen LogP contribution >= 0.6 is 0 Å². The van der Waals surface area contributed by atoms with E-state index in [2.05, 4.69) is 43.3 Å². The van der Waals surface area contributed by atoms with Gasteiger partial charge in [-0.15, -0.1) is 0 Å². The van der Waals surface area contributed by atoms with Crippen molar-refractivity contribution in [1.29, 1.82) is 0 Å². The smallest absolute Gasteiger partial charge is 0.0409 e. The van der Waals surface area contributed by atoms with Gasteiger partial charge in [0, 0.05) is 5.54 Å². The van der Waals surface area contributed by atoms with Gasteiger partial charge in [0.25, 0.3) is 0 Å². The third kappa shape index (κ3) is 1.85. The number of fused-ring (bicyclic) bond motifs is 1. The van der Waals surface area contributed by atoms with Crippen LogP contribution in [0.2, 0.25) is 0 Å². The van der Waals surface area contributed by atoms with Crippen LogP contribution in [0.25, 0.3) is 10.8 Å². The van der Waals surface area contributed by atoms with Gasteiger partial charge in [0.05, 0.1) is 0 Å². The summed E-state index contributed by atoms with van der Waals surface area (Å²) in [7, 11) is 0. The Morgan fingerprint density at radius 2 is 1.59 bits per heavy atom. The van der Waals surface area contributed by atoms with Gasteiger partial charge in [-0.05, 0) is 42.2 Å². The van der Waals surface area contributed by atoms with Crippen LogP contribution in [-0.2, 0) is 5.54 Å². The molecule has 3 rings (SSSR count). The zero-order valence-corrected chi connectivity index (χ0v) is 10.4. The van der Waals surface area contributed by atoms with Crippen molar-refractivity contribution in [2.75, 3.05) is 0 Å². The molecule has 2 aromatic rings. The van der Waals surface area contributed by atoms with Crippen molar-refractivity contribution in [2.45, 2.75) is 38.1 Å². The van der Waals surface area contributed by atoms with Gasteiger partial charge in [0.2, 0.25) is 0 Å². The average Bonchev–Trinajstić information content (AvgIpc) is 2.77. The average molecular weight is 225 g/mol. The molecule has 1 aliphatic carbocycles. The van der Waals surface area contributed by atoms with Crippen molar-refractivity contribution in [3.05, 3.63) is 47.5 Å². The summed E-state index contributed by atoms with van der Waals surface area (Å²) in [4.78, 5) is 0. The minimum atomic E-state index is -0.0704. The number of nitrogens with two attached hydrogens (primary N) is 1. The van der Waals surface area contributed by atoms with Crippen molar-refractivity contribution >= 4 is 10.8 Å². The van der Waals surface area contributed by atoms with Crippen molar-refractivity contribution in [3.8, 4) is 0 Å². The molecule has 1 saturated carbocycles. The highest BCUT2D eigenvalue weighted by molar-refractivity contribution is 5.84. The van der Waals surface area contributed by atoms with Gasteiger partial charge in [-0.25, -0.2) is 0 Å². The first kappa shape index (κ1) is 10.8.